The molecule has 9 heteroatoms. The molecule has 0 saturated carbocycles. The summed E-state index contributed by atoms with van der Waals surface area (Å²) in [6.45, 7) is 8.96. The molecule has 0 radical (unpaired) electrons. The Morgan fingerprint density at radius 1 is 1.36 bits per heavy atom. The average molecular weight is 517 g/mol. The molecule has 2 N–H and O–H groups in total. The lowest BCUT2D eigenvalue weighted by molar-refractivity contribution is 0.140. The van der Waals surface area contributed by atoms with Crippen molar-refractivity contribution in [3.63, 3.8) is 0 Å². The summed E-state index contributed by atoms with van der Waals surface area (Å²) in [5.41, 5.74) is 0. The third-order valence-corrected chi connectivity index (χ3v) is 6.09. The Kier molecular flexibility index (Phi) is 9.66. The van der Waals surface area contributed by atoms with E-state index in [1.54, 1.807) is 6.33 Å². The second-order valence-electron chi connectivity index (χ2n) is 7.18. The van der Waals surface area contributed by atoms with Crippen molar-refractivity contribution in [2.24, 2.45) is 18.0 Å². The second-order valence-corrected chi connectivity index (χ2v) is 8.16. The predicted octanol–water partition coefficient (Wildman–Crippen LogP) is 3.02. The van der Waals surface area contributed by atoms with Crippen molar-refractivity contribution in [3.8, 4) is 0 Å². The topological polar surface area (TPSA) is 70.4 Å². The fourth-order valence-corrected chi connectivity index (χ4v) is 4.23. The van der Waals surface area contributed by atoms with Crippen LogP contribution in [0.5, 0.6) is 0 Å². The van der Waals surface area contributed by atoms with Crippen LogP contribution >= 0.6 is 35.3 Å². The van der Waals surface area contributed by atoms with Gasteiger partial charge in [-0.15, -0.1) is 45.5 Å². The number of thiophene rings is 1. The van der Waals surface area contributed by atoms with Gasteiger partial charge in [0, 0.05) is 25.0 Å². The van der Waals surface area contributed by atoms with E-state index in [1.807, 2.05) is 23.0 Å². The molecule has 3 heterocycles. The largest absolute Gasteiger partial charge is 0.357 e. The van der Waals surface area contributed by atoms with Gasteiger partial charge in [-0.1, -0.05) is 13.0 Å². The standard InChI is InChI=1S/C19H31N7S.HI/c1-4-20-19(22-13-18-24-23-14-25(18)3)21-12-16(17-6-5-11-27-17)26-9-7-15(2)8-10-26;/h5-6,11,14-16H,4,7-10,12-13H2,1-3H3,(H2,20,21,22);1H. The van der Waals surface area contributed by atoms with Crippen molar-refractivity contribution in [2.45, 2.75) is 39.3 Å². The SMILES string of the molecule is CCNC(=NCc1nncn1C)NCC(c1cccs1)N1CCC(C)CC1.I. The maximum Gasteiger partial charge on any atom is 0.191 e. The van der Waals surface area contributed by atoms with Crippen LogP contribution in [0.3, 0.4) is 0 Å². The van der Waals surface area contributed by atoms with Crippen molar-refractivity contribution in [1.29, 1.82) is 0 Å². The van der Waals surface area contributed by atoms with Gasteiger partial charge in [-0.05, 0) is 50.2 Å². The van der Waals surface area contributed by atoms with Crippen molar-refractivity contribution >= 4 is 41.3 Å². The van der Waals surface area contributed by atoms with Gasteiger partial charge in [0.25, 0.3) is 0 Å². The molecule has 0 aliphatic carbocycles. The maximum absolute atomic E-state index is 4.68. The molecule has 2 aromatic rings. The third-order valence-electron chi connectivity index (χ3n) is 5.12. The molecule has 0 aromatic carbocycles. The van der Waals surface area contributed by atoms with E-state index in [9.17, 15) is 0 Å². The zero-order valence-electron chi connectivity index (χ0n) is 17.0. The van der Waals surface area contributed by atoms with Gasteiger partial charge in [0.15, 0.2) is 11.8 Å². The van der Waals surface area contributed by atoms with Crippen LogP contribution in [0.2, 0.25) is 0 Å². The molecule has 1 aliphatic rings. The second kappa shape index (κ2) is 11.7. The minimum atomic E-state index is 0. The summed E-state index contributed by atoms with van der Waals surface area (Å²) in [6.07, 6.45) is 4.26. The molecule has 0 spiro atoms. The van der Waals surface area contributed by atoms with Gasteiger partial charge >= 0.3 is 0 Å². The van der Waals surface area contributed by atoms with E-state index in [0.717, 1.165) is 43.9 Å². The Balaban J connectivity index is 0.00000280. The first-order chi connectivity index (χ1) is 13.2. The van der Waals surface area contributed by atoms with E-state index in [0.29, 0.717) is 12.6 Å². The van der Waals surface area contributed by atoms with Crippen LogP contribution in [-0.4, -0.2) is 51.8 Å². The minimum absolute atomic E-state index is 0. The summed E-state index contributed by atoms with van der Waals surface area (Å²) in [5, 5.41) is 17.1. The molecular formula is C19H32IN7S. The zero-order chi connectivity index (χ0) is 19.1. The van der Waals surface area contributed by atoms with Crippen LogP contribution in [0.15, 0.2) is 28.8 Å². The molecule has 0 bridgehead atoms. The quantitative estimate of drug-likeness (QED) is 0.336. The summed E-state index contributed by atoms with van der Waals surface area (Å²) in [4.78, 5) is 8.72. The maximum atomic E-state index is 4.68. The zero-order valence-corrected chi connectivity index (χ0v) is 20.1. The van der Waals surface area contributed by atoms with E-state index in [1.165, 1.54) is 17.7 Å². The van der Waals surface area contributed by atoms with Crippen LogP contribution < -0.4 is 10.6 Å². The van der Waals surface area contributed by atoms with Gasteiger partial charge in [0.2, 0.25) is 0 Å². The summed E-state index contributed by atoms with van der Waals surface area (Å²) >= 11 is 1.84. The first-order valence-corrected chi connectivity index (χ1v) is 10.7. The highest BCUT2D eigenvalue weighted by atomic mass is 127. The van der Waals surface area contributed by atoms with Gasteiger partial charge in [-0.25, -0.2) is 4.99 Å². The number of aliphatic imine (C=N–C) groups is 1. The number of hydrogen-bond donors (Lipinski definition) is 2. The molecule has 2 aromatic heterocycles. The number of aromatic nitrogens is 3. The predicted molar refractivity (Wildman–Crippen MR) is 126 cm³/mol. The highest BCUT2D eigenvalue weighted by Gasteiger charge is 2.25. The average Bonchev–Trinajstić information content (AvgIpc) is 3.33. The molecule has 156 valence electrons. The van der Waals surface area contributed by atoms with E-state index < -0.39 is 0 Å². The van der Waals surface area contributed by atoms with Crippen molar-refractivity contribution in [1.82, 2.24) is 30.3 Å². The number of guanidine groups is 1. The Labute approximate surface area is 189 Å². The smallest absolute Gasteiger partial charge is 0.191 e. The molecule has 1 aliphatic heterocycles. The Bertz CT molecular complexity index is 708. The minimum Gasteiger partial charge on any atom is -0.357 e. The molecule has 28 heavy (non-hydrogen) atoms. The van der Waals surface area contributed by atoms with Gasteiger partial charge in [0.05, 0.1) is 6.04 Å². The third kappa shape index (κ3) is 6.41. The van der Waals surface area contributed by atoms with Crippen molar-refractivity contribution < 1.29 is 0 Å². The Morgan fingerprint density at radius 2 is 2.14 bits per heavy atom. The summed E-state index contributed by atoms with van der Waals surface area (Å²) in [7, 11) is 1.94. The highest BCUT2D eigenvalue weighted by Crippen LogP contribution is 2.29. The molecule has 7 nitrogen and oxygen atoms in total. The molecule has 1 saturated heterocycles. The summed E-state index contributed by atoms with van der Waals surface area (Å²) < 4.78 is 1.90. The monoisotopic (exact) mass is 517 g/mol. The number of nitrogens with one attached hydrogen (secondary N) is 2. The van der Waals surface area contributed by atoms with Crippen LogP contribution in [0.1, 0.15) is 43.4 Å². The lowest BCUT2D eigenvalue weighted by Crippen LogP contribution is -2.45. The normalized spacial score (nSPS) is 17.2. The van der Waals surface area contributed by atoms with Crippen molar-refractivity contribution in [2.75, 3.05) is 26.2 Å². The number of halogens is 1. The summed E-state index contributed by atoms with van der Waals surface area (Å²) in [6, 6.07) is 4.78. The van der Waals surface area contributed by atoms with Crippen LogP contribution in [0.25, 0.3) is 0 Å². The number of piperidine rings is 1. The fourth-order valence-electron chi connectivity index (χ4n) is 3.37. The number of rotatable bonds is 7. The van der Waals surface area contributed by atoms with Crippen LogP contribution in [-0.2, 0) is 13.6 Å². The first kappa shape index (κ1) is 23.1. The molecule has 1 atom stereocenters. The number of aryl methyl sites for hydroxylation is 1. The molecule has 3 rings (SSSR count). The molecule has 1 unspecified atom stereocenters. The van der Waals surface area contributed by atoms with Gasteiger partial charge in [-0.2, -0.15) is 0 Å². The van der Waals surface area contributed by atoms with E-state index in [2.05, 4.69) is 62.1 Å². The van der Waals surface area contributed by atoms with Gasteiger partial charge in [-0.3, -0.25) is 4.90 Å². The van der Waals surface area contributed by atoms with E-state index in [4.69, 9.17) is 0 Å². The Hall–Kier alpha value is -1.20. The molecular weight excluding hydrogens is 485 g/mol. The number of likely N-dealkylation sites (tertiary alicyclic amines) is 1. The number of nitrogens with zero attached hydrogens (tertiary/aromatic N) is 5. The van der Waals surface area contributed by atoms with Crippen LogP contribution in [0, 0.1) is 5.92 Å². The summed E-state index contributed by atoms with van der Waals surface area (Å²) in [5.74, 6) is 2.52. The lowest BCUT2D eigenvalue weighted by atomic mass is 9.97. The van der Waals surface area contributed by atoms with Crippen molar-refractivity contribution in [3.05, 3.63) is 34.5 Å². The molecule has 1 fully saturated rings. The highest BCUT2D eigenvalue weighted by molar-refractivity contribution is 14.0. The van der Waals surface area contributed by atoms with E-state index in [-0.39, 0.29) is 24.0 Å². The Morgan fingerprint density at radius 3 is 2.75 bits per heavy atom. The van der Waals surface area contributed by atoms with Gasteiger partial charge in [0.1, 0.15) is 12.9 Å². The number of hydrogen-bond acceptors (Lipinski definition) is 5. The molecule has 0 amide bonds. The van der Waals surface area contributed by atoms with E-state index >= 15 is 0 Å². The van der Waals surface area contributed by atoms with Gasteiger partial charge < -0.3 is 15.2 Å². The van der Waals surface area contributed by atoms with Crippen LogP contribution in [0.4, 0.5) is 0 Å². The fraction of sp³-hybridized carbons (Fsp3) is 0.632. The lowest BCUT2D eigenvalue weighted by Gasteiger charge is -2.36. The first-order valence-electron chi connectivity index (χ1n) is 9.80.